The third kappa shape index (κ3) is 3.04. The number of ether oxygens (including phenoxy) is 2. The molecule has 0 aromatic heterocycles. The first kappa shape index (κ1) is 14.6. The van der Waals surface area contributed by atoms with E-state index in [-0.39, 0.29) is 23.5 Å². The van der Waals surface area contributed by atoms with Crippen molar-refractivity contribution in [3.63, 3.8) is 0 Å². The summed E-state index contributed by atoms with van der Waals surface area (Å²) >= 11 is 0. The van der Waals surface area contributed by atoms with Crippen LogP contribution in [0.2, 0.25) is 0 Å². The number of hydrogen-bond donors (Lipinski definition) is 1. The molecule has 1 aromatic rings. The van der Waals surface area contributed by atoms with Crippen LogP contribution in [0.25, 0.3) is 0 Å². The molecule has 7 heteroatoms. The molecule has 1 saturated heterocycles. The molecule has 6 nitrogen and oxygen atoms in total. The lowest BCUT2D eigenvalue weighted by Gasteiger charge is -2.15. The van der Waals surface area contributed by atoms with E-state index in [9.17, 15) is 13.2 Å². The van der Waals surface area contributed by atoms with Gasteiger partial charge in [-0.1, -0.05) is 6.07 Å². The van der Waals surface area contributed by atoms with Crippen LogP contribution in [0.1, 0.15) is 16.8 Å². The molecule has 0 radical (unpaired) electrons. The zero-order valence-electron chi connectivity index (χ0n) is 11.4. The van der Waals surface area contributed by atoms with E-state index in [1.807, 2.05) is 0 Å². The Hall–Kier alpha value is -1.76. The van der Waals surface area contributed by atoms with Crippen molar-refractivity contribution >= 4 is 15.7 Å². The zero-order chi connectivity index (χ0) is 14.8. The number of carbonyl (C=O) groups excluding carboxylic acids is 1. The molecule has 0 aliphatic carbocycles. The van der Waals surface area contributed by atoms with Crippen molar-refractivity contribution in [3.05, 3.63) is 23.8 Å². The van der Waals surface area contributed by atoms with Crippen molar-refractivity contribution < 1.29 is 22.7 Å². The second kappa shape index (κ2) is 5.70. The summed E-state index contributed by atoms with van der Waals surface area (Å²) in [5.74, 6) is 0.550. The molecule has 0 bridgehead atoms. The monoisotopic (exact) mass is 299 g/mol. The van der Waals surface area contributed by atoms with Crippen LogP contribution in [0.3, 0.4) is 0 Å². The molecule has 1 fully saturated rings. The maximum absolute atomic E-state index is 12.2. The van der Waals surface area contributed by atoms with E-state index < -0.39 is 9.84 Å². The zero-order valence-corrected chi connectivity index (χ0v) is 12.2. The molecule has 0 unspecified atom stereocenters. The third-order valence-corrected chi connectivity index (χ3v) is 4.98. The molecule has 1 heterocycles. The predicted octanol–water partition coefficient (Wildman–Crippen LogP) is 0.621. The van der Waals surface area contributed by atoms with Gasteiger partial charge in [-0.25, -0.2) is 8.42 Å². The van der Waals surface area contributed by atoms with E-state index >= 15 is 0 Å². The van der Waals surface area contributed by atoms with E-state index in [1.54, 1.807) is 18.2 Å². The molecular weight excluding hydrogens is 282 g/mol. The standard InChI is InChI=1S/C13H17NO5S/c1-18-11-5-3-4-10(12(11)19-2)13(15)14-9-6-7-20(16,17)8-9/h3-5,9H,6-8H2,1-2H3,(H,14,15)/t9-/m0/s1. The minimum atomic E-state index is -3.02. The molecule has 2 rings (SSSR count). The summed E-state index contributed by atoms with van der Waals surface area (Å²) in [6.45, 7) is 0. The Labute approximate surface area is 118 Å². The van der Waals surface area contributed by atoms with Crippen LogP contribution in [0.5, 0.6) is 11.5 Å². The van der Waals surface area contributed by atoms with E-state index in [0.29, 0.717) is 23.5 Å². The molecule has 0 spiro atoms. The van der Waals surface area contributed by atoms with Gasteiger partial charge in [-0.3, -0.25) is 4.79 Å². The fourth-order valence-electron chi connectivity index (χ4n) is 2.24. The number of rotatable bonds is 4. The molecule has 1 amide bonds. The van der Waals surface area contributed by atoms with Crippen molar-refractivity contribution in [1.29, 1.82) is 0 Å². The molecular formula is C13H17NO5S. The van der Waals surface area contributed by atoms with Crippen LogP contribution in [-0.4, -0.2) is 46.1 Å². The second-order valence-corrected chi connectivity index (χ2v) is 6.84. The highest BCUT2D eigenvalue weighted by atomic mass is 32.2. The highest BCUT2D eigenvalue weighted by Gasteiger charge is 2.30. The van der Waals surface area contributed by atoms with Crippen LogP contribution in [0.15, 0.2) is 18.2 Å². The van der Waals surface area contributed by atoms with Gasteiger partial charge in [-0.15, -0.1) is 0 Å². The SMILES string of the molecule is COc1cccc(C(=O)N[C@H]2CCS(=O)(=O)C2)c1OC. The van der Waals surface area contributed by atoms with Crippen LogP contribution in [0.4, 0.5) is 0 Å². The third-order valence-electron chi connectivity index (χ3n) is 3.22. The average molecular weight is 299 g/mol. The maximum atomic E-state index is 12.2. The van der Waals surface area contributed by atoms with Gasteiger partial charge >= 0.3 is 0 Å². The number of sulfone groups is 1. The smallest absolute Gasteiger partial charge is 0.255 e. The first-order valence-electron chi connectivity index (χ1n) is 6.19. The molecule has 1 aromatic carbocycles. The van der Waals surface area contributed by atoms with Gasteiger partial charge in [-0.2, -0.15) is 0 Å². The van der Waals surface area contributed by atoms with Gasteiger partial charge in [0, 0.05) is 6.04 Å². The largest absolute Gasteiger partial charge is 0.493 e. The molecule has 1 aliphatic rings. The van der Waals surface area contributed by atoms with Gasteiger partial charge in [-0.05, 0) is 18.6 Å². The lowest BCUT2D eigenvalue weighted by Crippen LogP contribution is -2.35. The number of nitrogens with one attached hydrogen (secondary N) is 1. The summed E-state index contributed by atoms with van der Waals surface area (Å²) in [4.78, 5) is 12.2. The van der Waals surface area contributed by atoms with E-state index in [1.165, 1.54) is 14.2 Å². The normalized spacial score (nSPS) is 20.4. The van der Waals surface area contributed by atoms with Crippen molar-refractivity contribution in [2.75, 3.05) is 25.7 Å². The highest BCUT2D eigenvalue weighted by molar-refractivity contribution is 7.91. The van der Waals surface area contributed by atoms with E-state index in [4.69, 9.17) is 9.47 Å². The Morgan fingerprint density at radius 1 is 1.30 bits per heavy atom. The van der Waals surface area contributed by atoms with Crippen molar-refractivity contribution in [1.82, 2.24) is 5.32 Å². The topological polar surface area (TPSA) is 81.7 Å². The Bertz CT molecular complexity index is 611. The molecule has 1 N–H and O–H groups in total. The van der Waals surface area contributed by atoms with E-state index in [2.05, 4.69) is 5.32 Å². The van der Waals surface area contributed by atoms with Crippen molar-refractivity contribution in [2.24, 2.45) is 0 Å². The fraction of sp³-hybridized carbons (Fsp3) is 0.462. The Kier molecular flexibility index (Phi) is 4.17. The summed E-state index contributed by atoms with van der Waals surface area (Å²) in [6, 6.07) is 4.64. The van der Waals surface area contributed by atoms with Crippen LogP contribution < -0.4 is 14.8 Å². The maximum Gasteiger partial charge on any atom is 0.255 e. The summed E-state index contributed by atoms with van der Waals surface area (Å²) in [5.41, 5.74) is 0.330. The molecule has 1 atom stereocenters. The number of methoxy groups -OCH3 is 2. The lowest BCUT2D eigenvalue weighted by atomic mass is 10.1. The molecule has 0 saturated carbocycles. The average Bonchev–Trinajstić information content (AvgIpc) is 2.76. The van der Waals surface area contributed by atoms with Gasteiger partial charge in [0.2, 0.25) is 0 Å². The first-order chi connectivity index (χ1) is 9.46. The first-order valence-corrected chi connectivity index (χ1v) is 8.01. The molecule has 1 aliphatic heterocycles. The number of benzene rings is 1. The Morgan fingerprint density at radius 3 is 2.60 bits per heavy atom. The minimum Gasteiger partial charge on any atom is -0.493 e. The summed E-state index contributed by atoms with van der Waals surface area (Å²) in [7, 11) is -0.0802. The molecule has 110 valence electrons. The van der Waals surface area contributed by atoms with Crippen LogP contribution in [0, 0.1) is 0 Å². The lowest BCUT2D eigenvalue weighted by molar-refractivity contribution is 0.0937. The Morgan fingerprint density at radius 2 is 2.05 bits per heavy atom. The van der Waals surface area contributed by atoms with E-state index in [0.717, 1.165) is 0 Å². The number of hydrogen-bond acceptors (Lipinski definition) is 5. The minimum absolute atomic E-state index is 0.00890. The summed E-state index contributed by atoms with van der Waals surface area (Å²) in [6.07, 6.45) is 0.445. The van der Waals surface area contributed by atoms with Gasteiger partial charge in [0.05, 0.1) is 31.3 Å². The van der Waals surface area contributed by atoms with Crippen LogP contribution >= 0.6 is 0 Å². The second-order valence-electron chi connectivity index (χ2n) is 4.61. The quantitative estimate of drug-likeness (QED) is 0.881. The van der Waals surface area contributed by atoms with Crippen molar-refractivity contribution in [3.8, 4) is 11.5 Å². The molecule has 20 heavy (non-hydrogen) atoms. The van der Waals surface area contributed by atoms with Crippen LogP contribution in [-0.2, 0) is 9.84 Å². The van der Waals surface area contributed by atoms with Gasteiger partial charge < -0.3 is 14.8 Å². The van der Waals surface area contributed by atoms with Gasteiger partial charge in [0.1, 0.15) is 0 Å². The number of para-hydroxylation sites is 1. The predicted molar refractivity (Wildman–Crippen MR) is 74.1 cm³/mol. The fourth-order valence-corrected chi connectivity index (χ4v) is 3.91. The van der Waals surface area contributed by atoms with Gasteiger partial charge in [0.25, 0.3) is 5.91 Å². The number of carbonyl (C=O) groups is 1. The highest BCUT2D eigenvalue weighted by Crippen LogP contribution is 2.30. The Balaban J connectivity index is 2.18. The number of amides is 1. The van der Waals surface area contributed by atoms with Gasteiger partial charge in [0.15, 0.2) is 21.3 Å². The summed E-state index contributed by atoms with van der Waals surface area (Å²) < 4.78 is 33.1. The van der Waals surface area contributed by atoms with Crippen molar-refractivity contribution in [2.45, 2.75) is 12.5 Å². The summed E-state index contributed by atoms with van der Waals surface area (Å²) in [5, 5.41) is 2.72.